The molecule has 2 aromatic heterocycles. The van der Waals surface area contributed by atoms with Crippen molar-refractivity contribution in [2.45, 2.75) is 6.42 Å². The Bertz CT molecular complexity index is 1090. The fourth-order valence-corrected chi connectivity index (χ4v) is 3.63. The number of benzene rings is 2. The van der Waals surface area contributed by atoms with Crippen molar-refractivity contribution in [3.8, 4) is 16.3 Å². The van der Waals surface area contributed by atoms with Gasteiger partial charge < -0.3 is 10.4 Å². The van der Waals surface area contributed by atoms with E-state index in [9.17, 15) is 9.90 Å². The minimum atomic E-state index is -0.250. The number of aromatic nitrogens is 2. The zero-order valence-corrected chi connectivity index (χ0v) is 15.7. The topological polar surface area (TPSA) is 75.1 Å². The number of carbonyl (C=O) groups excluding carboxylic acids is 1. The Hall–Kier alpha value is -3.51. The molecule has 0 aliphatic carbocycles. The molecule has 0 fully saturated rings. The molecule has 0 saturated carbocycles. The number of rotatable bonds is 5. The number of thiazole rings is 1. The van der Waals surface area contributed by atoms with Crippen molar-refractivity contribution in [2.75, 3.05) is 5.32 Å². The van der Waals surface area contributed by atoms with E-state index in [4.69, 9.17) is 0 Å². The van der Waals surface area contributed by atoms with Crippen LogP contribution in [0.4, 0.5) is 5.69 Å². The van der Waals surface area contributed by atoms with Crippen LogP contribution in [0.5, 0.6) is 5.75 Å². The SMILES string of the molecule is O=C(Nc1ccccc1Cc1cccnc1)c1csc(-c2ccc(O)cc2)n1. The summed E-state index contributed by atoms with van der Waals surface area (Å²) in [6, 6.07) is 18.4. The average molecular weight is 387 g/mol. The van der Waals surface area contributed by atoms with Gasteiger partial charge in [-0.1, -0.05) is 24.3 Å². The number of hydrogen-bond acceptors (Lipinski definition) is 5. The molecule has 0 unspecified atom stereocenters. The summed E-state index contributed by atoms with van der Waals surface area (Å²) >= 11 is 1.39. The van der Waals surface area contributed by atoms with E-state index in [0.717, 1.165) is 27.4 Å². The van der Waals surface area contributed by atoms with Gasteiger partial charge in [0.05, 0.1) is 0 Å². The van der Waals surface area contributed by atoms with E-state index in [1.54, 1.807) is 35.8 Å². The summed E-state index contributed by atoms with van der Waals surface area (Å²) in [5.41, 5.74) is 4.07. The molecule has 1 amide bonds. The van der Waals surface area contributed by atoms with Gasteiger partial charge in [0.25, 0.3) is 5.91 Å². The summed E-state index contributed by atoms with van der Waals surface area (Å²) in [7, 11) is 0. The first kappa shape index (κ1) is 17.9. The van der Waals surface area contributed by atoms with Gasteiger partial charge in [0, 0.05) is 35.4 Å². The third kappa shape index (κ3) is 4.07. The number of hydrogen-bond donors (Lipinski definition) is 2. The van der Waals surface area contributed by atoms with E-state index < -0.39 is 0 Å². The molecule has 4 aromatic rings. The monoisotopic (exact) mass is 387 g/mol. The van der Waals surface area contributed by atoms with E-state index >= 15 is 0 Å². The number of nitrogens with zero attached hydrogens (tertiary/aromatic N) is 2. The van der Waals surface area contributed by atoms with Crippen LogP contribution in [-0.2, 0) is 6.42 Å². The second-order valence-electron chi connectivity index (χ2n) is 6.23. The minimum absolute atomic E-state index is 0.198. The average Bonchev–Trinajstić information content (AvgIpc) is 3.21. The van der Waals surface area contributed by atoms with Crippen molar-refractivity contribution < 1.29 is 9.90 Å². The van der Waals surface area contributed by atoms with Gasteiger partial charge in [0.1, 0.15) is 16.5 Å². The number of carbonyl (C=O) groups is 1. The van der Waals surface area contributed by atoms with E-state index in [2.05, 4.69) is 15.3 Å². The van der Waals surface area contributed by atoms with E-state index in [-0.39, 0.29) is 11.7 Å². The maximum absolute atomic E-state index is 12.7. The van der Waals surface area contributed by atoms with Crippen LogP contribution >= 0.6 is 11.3 Å². The van der Waals surface area contributed by atoms with Crippen LogP contribution in [0.1, 0.15) is 21.6 Å². The summed E-state index contributed by atoms with van der Waals surface area (Å²) < 4.78 is 0. The molecule has 0 aliphatic heterocycles. The number of anilines is 1. The first-order valence-electron chi connectivity index (χ1n) is 8.72. The maximum atomic E-state index is 12.7. The molecule has 0 radical (unpaired) electrons. The summed E-state index contributed by atoms with van der Waals surface area (Å²) in [5, 5.41) is 14.8. The molecule has 0 atom stereocenters. The Kier molecular flexibility index (Phi) is 5.12. The van der Waals surface area contributed by atoms with Crippen LogP contribution in [-0.4, -0.2) is 21.0 Å². The van der Waals surface area contributed by atoms with Crippen molar-refractivity contribution in [3.63, 3.8) is 0 Å². The predicted octanol–water partition coefficient (Wildman–Crippen LogP) is 4.75. The molecular weight excluding hydrogens is 370 g/mol. The highest BCUT2D eigenvalue weighted by Crippen LogP contribution is 2.26. The van der Waals surface area contributed by atoms with Crippen molar-refractivity contribution in [1.29, 1.82) is 0 Å². The lowest BCUT2D eigenvalue weighted by Crippen LogP contribution is -2.13. The van der Waals surface area contributed by atoms with Gasteiger partial charge in [0.2, 0.25) is 0 Å². The first-order valence-corrected chi connectivity index (χ1v) is 9.60. The van der Waals surface area contributed by atoms with Gasteiger partial charge in [-0.15, -0.1) is 11.3 Å². The second kappa shape index (κ2) is 8.02. The molecule has 2 N–H and O–H groups in total. The molecular formula is C22H17N3O2S. The van der Waals surface area contributed by atoms with Crippen LogP contribution in [0.2, 0.25) is 0 Å². The number of pyridine rings is 1. The Morgan fingerprint density at radius 1 is 1.04 bits per heavy atom. The Balaban J connectivity index is 1.52. The molecule has 5 nitrogen and oxygen atoms in total. The van der Waals surface area contributed by atoms with Gasteiger partial charge in [-0.25, -0.2) is 4.98 Å². The number of amides is 1. The normalized spacial score (nSPS) is 10.6. The molecule has 2 aromatic carbocycles. The van der Waals surface area contributed by atoms with Gasteiger partial charge in [-0.3, -0.25) is 9.78 Å². The largest absolute Gasteiger partial charge is 0.508 e. The highest BCUT2D eigenvalue weighted by molar-refractivity contribution is 7.13. The van der Waals surface area contributed by atoms with E-state index in [0.29, 0.717) is 12.1 Å². The maximum Gasteiger partial charge on any atom is 0.275 e. The lowest BCUT2D eigenvalue weighted by atomic mass is 10.0. The van der Waals surface area contributed by atoms with Gasteiger partial charge >= 0.3 is 0 Å². The molecule has 0 saturated heterocycles. The van der Waals surface area contributed by atoms with Crippen molar-refractivity contribution in [3.05, 3.63) is 95.3 Å². The second-order valence-corrected chi connectivity index (χ2v) is 7.09. The van der Waals surface area contributed by atoms with Gasteiger partial charge in [0.15, 0.2) is 0 Å². The zero-order chi connectivity index (χ0) is 19.3. The number of para-hydroxylation sites is 1. The first-order chi connectivity index (χ1) is 13.7. The summed E-state index contributed by atoms with van der Waals surface area (Å²) in [6.07, 6.45) is 4.24. The van der Waals surface area contributed by atoms with E-state index in [1.807, 2.05) is 42.6 Å². The number of phenolic OH excluding ortho intramolecular Hbond substituents is 1. The Labute approximate surface area is 166 Å². The molecule has 0 spiro atoms. The molecule has 28 heavy (non-hydrogen) atoms. The third-order valence-electron chi connectivity index (χ3n) is 4.23. The molecule has 0 aliphatic rings. The summed E-state index contributed by atoms with van der Waals surface area (Å²) in [4.78, 5) is 21.3. The van der Waals surface area contributed by atoms with Crippen LogP contribution in [0.25, 0.3) is 10.6 Å². The van der Waals surface area contributed by atoms with Crippen LogP contribution < -0.4 is 5.32 Å². The highest BCUT2D eigenvalue weighted by Gasteiger charge is 2.14. The number of aromatic hydroxyl groups is 1. The molecule has 6 heteroatoms. The molecule has 2 heterocycles. The number of phenols is 1. The van der Waals surface area contributed by atoms with Crippen LogP contribution in [0.15, 0.2) is 78.4 Å². The predicted molar refractivity (Wildman–Crippen MR) is 111 cm³/mol. The molecule has 4 rings (SSSR count). The van der Waals surface area contributed by atoms with Crippen molar-refractivity contribution in [1.82, 2.24) is 9.97 Å². The lowest BCUT2D eigenvalue weighted by molar-refractivity contribution is 0.102. The Morgan fingerprint density at radius 3 is 2.64 bits per heavy atom. The van der Waals surface area contributed by atoms with Gasteiger partial charge in [-0.2, -0.15) is 0 Å². The smallest absolute Gasteiger partial charge is 0.275 e. The third-order valence-corrected chi connectivity index (χ3v) is 5.13. The zero-order valence-electron chi connectivity index (χ0n) is 14.9. The minimum Gasteiger partial charge on any atom is -0.508 e. The number of nitrogens with one attached hydrogen (secondary N) is 1. The summed E-state index contributed by atoms with van der Waals surface area (Å²) in [6.45, 7) is 0. The fourth-order valence-electron chi connectivity index (χ4n) is 2.82. The van der Waals surface area contributed by atoms with Gasteiger partial charge in [-0.05, 0) is 47.5 Å². The fraction of sp³-hybridized carbons (Fsp3) is 0.0455. The standard InChI is InChI=1S/C22H17N3O2S/c26-18-9-7-16(8-10-18)22-25-20(14-28-22)21(27)24-19-6-2-1-5-17(19)12-15-4-3-11-23-13-15/h1-11,13-14,26H,12H2,(H,24,27). The molecule has 0 bridgehead atoms. The molecule has 138 valence electrons. The lowest BCUT2D eigenvalue weighted by Gasteiger charge is -2.10. The Morgan fingerprint density at radius 2 is 1.86 bits per heavy atom. The quantitative estimate of drug-likeness (QED) is 0.518. The van der Waals surface area contributed by atoms with Crippen molar-refractivity contribution >= 4 is 22.9 Å². The van der Waals surface area contributed by atoms with Crippen LogP contribution in [0.3, 0.4) is 0 Å². The van der Waals surface area contributed by atoms with Crippen molar-refractivity contribution in [2.24, 2.45) is 0 Å². The highest BCUT2D eigenvalue weighted by atomic mass is 32.1. The van der Waals surface area contributed by atoms with E-state index in [1.165, 1.54) is 11.3 Å². The van der Waals surface area contributed by atoms with Crippen LogP contribution in [0, 0.1) is 0 Å². The summed E-state index contributed by atoms with van der Waals surface area (Å²) in [5.74, 6) is -0.0524.